The van der Waals surface area contributed by atoms with E-state index in [1.165, 1.54) is 19.1 Å². The van der Waals surface area contributed by atoms with Gasteiger partial charge in [-0.2, -0.15) is 0 Å². The van der Waals surface area contributed by atoms with Gasteiger partial charge >= 0.3 is 6.03 Å². The first-order chi connectivity index (χ1) is 15.4. The number of urea groups is 1. The molecule has 2 aliphatic rings. The molecule has 1 unspecified atom stereocenters. The van der Waals surface area contributed by atoms with E-state index in [4.69, 9.17) is 9.47 Å². The van der Waals surface area contributed by atoms with E-state index >= 15 is 0 Å². The third kappa shape index (κ3) is 3.88. The van der Waals surface area contributed by atoms with Crippen molar-refractivity contribution in [2.24, 2.45) is 0 Å². The maximum Gasteiger partial charge on any atom is 0.325 e. The predicted molar refractivity (Wildman–Crippen MR) is 118 cm³/mol. The highest BCUT2D eigenvalue weighted by molar-refractivity contribution is 6.07. The minimum atomic E-state index is -1.09. The summed E-state index contributed by atoms with van der Waals surface area (Å²) >= 11 is 0. The Morgan fingerprint density at radius 2 is 1.78 bits per heavy atom. The van der Waals surface area contributed by atoms with Gasteiger partial charge in [0, 0.05) is 12.1 Å². The van der Waals surface area contributed by atoms with Gasteiger partial charge in [0.1, 0.15) is 5.54 Å². The molecule has 32 heavy (non-hydrogen) atoms. The summed E-state index contributed by atoms with van der Waals surface area (Å²) in [5.41, 5.74) is 1.34. The normalized spacial score (nSPS) is 20.5. The zero-order valence-corrected chi connectivity index (χ0v) is 18.5. The number of ether oxygens (including phenoxy) is 2. The average molecular weight is 437 g/mol. The molecule has 0 aromatic heterocycles. The fraction of sp³-hybridized carbons (Fsp3) is 0.375. The van der Waals surface area contributed by atoms with Gasteiger partial charge in [0.2, 0.25) is 0 Å². The summed E-state index contributed by atoms with van der Waals surface area (Å²) < 4.78 is 10.5. The Bertz CT molecular complexity index is 1050. The Labute approximate surface area is 187 Å². The second-order valence-corrected chi connectivity index (χ2v) is 8.29. The van der Waals surface area contributed by atoms with Gasteiger partial charge in [-0.05, 0) is 43.5 Å². The summed E-state index contributed by atoms with van der Waals surface area (Å²) in [6, 6.07) is 12.3. The van der Waals surface area contributed by atoms with E-state index < -0.39 is 11.6 Å². The van der Waals surface area contributed by atoms with Crippen LogP contribution in [0.25, 0.3) is 0 Å². The molecular weight excluding hydrogens is 410 g/mol. The van der Waals surface area contributed by atoms with Crippen LogP contribution in [0, 0.1) is 6.92 Å². The van der Waals surface area contributed by atoms with Crippen molar-refractivity contribution < 1.29 is 23.9 Å². The van der Waals surface area contributed by atoms with Crippen LogP contribution in [0.4, 0.5) is 4.79 Å². The van der Waals surface area contributed by atoms with E-state index in [1.807, 2.05) is 31.2 Å². The van der Waals surface area contributed by atoms with E-state index in [2.05, 4.69) is 5.32 Å². The van der Waals surface area contributed by atoms with Crippen LogP contribution in [0.15, 0.2) is 42.5 Å². The minimum Gasteiger partial charge on any atom is -0.493 e. The third-order valence-electron chi connectivity index (χ3n) is 6.12. The van der Waals surface area contributed by atoms with Gasteiger partial charge in [0.25, 0.3) is 11.8 Å². The smallest absolute Gasteiger partial charge is 0.325 e. The van der Waals surface area contributed by atoms with Crippen LogP contribution in [0.3, 0.4) is 0 Å². The van der Waals surface area contributed by atoms with Gasteiger partial charge < -0.3 is 19.7 Å². The van der Waals surface area contributed by atoms with E-state index in [9.17, 15) is 14.4 Å². The molecule has 2 fully saturated rings. The standard InChI is InChI=1S/C24H27N3O5/c1-16-5-7-17(8-6-16)14-27-22(29)24(25-23(27)30)11-4-12-26(15-24)21(28)18-9-10-19(31-2)20(13-18)32-3/h5-10,13H,4,11-12,14-15H2,1-3H3,(H,25,30). The van der Waals surface area contributed by atoms with Crippen LogP contribution < -0.4 is 14.8 Å². The highest BCUT2D eigenvalue weighted by Crippen LogP contribution is 2.32. The first-order valence-electron chi connectivity index (χ1n) is 10.6. The lowest BCUT2D eigenvalue weighted by Gasteiger charge is -2.38. The highest BCUT2D eigenvalue weighted by Gasteiger charge is 2.53. The number of hydrogen-bond donors (Lipinski definition) is 1. The summed E-state index contributed by atoms with van der Waals surface area (Å²) in [5, 5.41) is 2.88. The first-order valence-corrected chi connectivity index (χ1v) is 10.6. The number of nitrogens with one attached hydrogen (secondary N) is 1. The summed E-state index contributed by atoms with van der Waals surface area (Å²) in [4.78, 5) is 42.1. The molecule has 1 N–H and O–H groups in total. The van der Waals surface area contributed by atoms with Crippen LogP contribution in [0.5, 0.6) is 11.5 Å². The number of carbonyl (C=O) groups is 3. The Morgan fingerprint density at radius 1 is 1.06 bits per heavy atom. The van der Waals surface area contributed by atoms with Gasteiger partial charge in [-0.25, -0.2) is 4.79 Å². The topological polar surface area (TPSA) is 88.2 Å². The first kappa shape index (κ1) is 21.7. The lowest BCUT2D eigenvalue weighted by Crippen LogP contribution is -2.59. The molecule has 8 nitrogen and oxygen atoms in total. The van der Waals surface area contributed by atoms with Crippen molar-refractivity contribution in [3.05, 3.63) is 59.2 Å². The van der Waals surface area contributed by atoms with E-state index in [0.717, 1.165) is 11.1 Å². The maximum absolute atomic E-state index is 13.3. The van der Waals surface area contributed by atoms with Gasteiger partial charge in [-0.1, -0.05) is 29.8 Å². The average Bonchev–Trinajstić information content (AvgIpc) is 3.03. The number of amides is 4. The van der Waals surface area contributed by atoms with Crippen molar-refractivity contribution in [2.75, 3.05) is 27.3 Å². The number of benzene rings is 2. The molecule has 1 spiro atoms. The number of nitrogens with zero attached hydrogens (tertiary/aromatic N) is 2. The number of hydrogen-bond acceptors (Lipinski definition) is 5. The van der Waals surface area contributed by atoms with Crippen LogP contribution in [0.1, 0.15) is 34.3 Å². The Kier molecular flexibility index (Phi) is 5.78. The fourth-order valence-corrected chi connectivity index (χ4v) is 4.35. The van der Waals surface area contributed by atoms with Crippen LogP contribution >= 0.6 is 0 Å². The molecule has 0 aliphatic carbocycles. The van der Waals surface area contributed by atoms with Crippen molar-refractivity contribution in [2.45, 2.75) is 31.8 Å². The number of likely N-dealkylation sites (tertiary alicyclic amines) is 1. The SMILES string of the molecule is COc1ccc(C(=O)N2CCCC3(C2)NC(=O)N(Cc2ccc(C)cc2)C3=O)cc1OC. The number of aryl methyl sites for hydroxylation is 1. The van der Waals surface area contributed by atoms with Gasteiger partial charge in [0.05, 0.1) is 27.3 Å². The largest absolute Gasteiger partial charge is 0.493 e. The zero-order chi connectivity index (χ0) is 22.9. The molecule has 1 atom stereocenters. The summed E-state index contributed by atoms with van der Waals surface area (Å²) in [6.07, 6.45) is 1.11. The van der Waals surface area contributed by atoms with E-state index in [1.54, 1.807) is 23.1 Å². The maximum atomic E-state index is 13.3. The summed E-state index contributed by atoms with van der Waals surface area (Å²) in [7, 11) is 3.04. The fourth-order valence-electron chi connectivity index (χ4n) is 4.35. The predicted octanol–water partition coefficient (Wildman–Crippen LogP) is 2.74. The molecule has 8 heteroatoms. The van der Waals surface area contributed by atoms with Crippen molar-refractivity contribution in [1.29, 1.82) is 0 Å². The molecule has 0 bridgehead atoms. The van der Waals surface area contributed by atoms with Crippen LogP contribution in [0.2, 0.25) is 0 Å². The third-order valence-corrected chi connectivity index (χ3v) is 6.12. The molecule has 4 amide bonds. The number of imide groups is 1. The second kappa shape index (κ2) is 8.53. The van der Waals surface area contributed by atoms with Gasteiger partial charge in [-0.3, -0.25) is 14.5 Å². The molecule has 0 radical (unpaired) electrons. The monoisotopic (exact) mass is 437 g/mol. The Balaban J connectivity index is 1.52. The van der Waals surface area contributed by atoms with E-state index in [0.29, 0.717) is 36.4 Å². The molecular formula is C24H27N3O5. The lowest BCUT2D eigenvalue weighted by molar-refractivity contribution is -0.133. The number of piperidine rings is 1. The molecule has 2 aromatic rings. The molecule has 0 saturated carbocycles. The molecule has 2 saturated heterocycles. The molecule has 168 valence electrons. The molecule has 2 aromatic carbocycles. The van der Waals surface area contributed by atoms with Crippen molar-refractivity contribution in [3.8, 4) is 11.5 Å². The van der Waals surface area contributed by atoms with Crippen molar-refractivity contribution in [1.82, 2.24) is 15.1 Å². The summed E-state index contributed by atoms with van der Waals surface area (Å²) in [6.45, 7) is 2.83. The number of carbonyl (C=O) groups excluding carboxylic acids is 3. The van der Waals surface area contributed by atoms with Crippen molar-refractivity contribution >= 4 is 17.8 Å². The summed E-state index contributed by atoms with van der Waals surface area (Å²) in [5.74, 6) is 0.487. The minimum absolute atomic E-state index is 0.134. The highest BCUT2D eigenvalue weighted by atomic mass is 16.5. The quantitative estimate of drug-likeness (QED) is 0.727. The van der Waals surface area contributed by atoms with Crippen LogP contribution in [-0.2, 0) is 11.3 Å². The van der Waals surface area contributed by atoms with Crippen LogP contribution in [-0.4, -0.2) is 60.5 Å². The molecule has 2 heterocycles. The van der Waals surface area contributed by atoms with Crippen molar-refractivity contribution in [3.63, 3.8) is 0 Å². The zero-order valence-electron chi connectivity index (χ0n) is 18.5. The van der Waals surface area contributed by atoms with E-state index in [-0.39, 0.29) is 24.9 Å². The Morgan fingerprint density at radius 3 is 2.47 bits per heavy atom. The van der Waals surface area contributed by atoms with Gasteiger partial charge in [-0.15, -0.1) is 0 Å². The lowest BCUT2D eigenvalue weighted by atomic mass is 9.88. The second-order valence-electron chi connectivity index (χ2n) is 8.29. The number of methoxy groups -OCH3 is 2. The molecule has 4 rings (SSSR count). The Hall–Kier alpha value is -3.55. The number of rotatable bonds is 5. The van der Waals surface area contributed by atoms with Gasteiger partial charge in [0.15, 0.2) is 11.5 Å². The molecule has 2 aliphatic heterocycles.